The van der Waals surface area contributed by atoms with Gasteiger partial charge in [0.1, 0.15) is 6.61 Å². The lowest BCUT2D eigenvalue weighted by atomic mass is 9.82. The number of nitrogens with one attached hydrogen (secondary N) is 1. The predicted octanol–water partition coefficient (Wildman–Crippen LogP) is 1.91. The first kappa shape index (κ1) is 15.6. The van der Waals surface area contributed by atoms with Crippen molar-refractivity contribution in [3.63, 3.8) is 0 Å². The fourth-order valence-corrected chi connectivity index (χ4v) is 3.62. The van der Waals surface area contributed by atoms with Crippen LogP contribution in [0.3, 0.4) is 0 Å². The van der Waals surface area contributed by atoms with E-state index in [2.05, 4.69) is 5.32 Å². The van der Waals surface area contributed by atoms with Crippen molar-refractivity contribution >= 4 is 12.2 Å². The highest BCUT2D eigenvalue weighted by molar-refractivity contribution is 5.70. The van der Waals surface area contributed by atoms with Gasteiger partial charge in [0, 0.05) is 6.04 Å². The van der Waals surface area contributed by atoms with Gasteiger partial charge in [-0.2, -0.15) is 0 Å². The van der Waals surface area contributed by atoms with E-state index in [1.807, 2.05) is 30.3 Å². The third-order valence-electron chi connectivity index (χ3n) is 4.70. The second-order valence-electron chi connectivity index (χ2n) is 6.16. The molecule has 3 atom stereocenters. The summed E-state index contributed by atoms with van der Waals surface area (Å²) in [4.78, 5) is 24.4. The number of fused-ring (bicyclic) bond motifs is 2. The number of amides is 2. The van der Waals surface area contributed by atoms with Crippen LogP contribution >= 0.6 is 0 Å². The molecule has 1 aromatic rings. The molecule has 0 aromatic heterocycles. The van der Waals surface area contributed by atoms with Gasteiger partial charge in [-0.1, -0.05) is 30.3 Å². The molecule has 2 bridgehead atoms. The standard InChI is InChI=1S/C16H20N2O5/c19-13-16(8-4-7-12(9-16)18(13)15(21)22)17-14(20)23-10-11-5-2-1-3-6-11/h1-3,5-6,12-13,19H,4,7-10H2,(H,17,20)(H,21,22). The molecule has 3 rings (SSSR count). The molecule has 1 saturated carbocycles. The van der Waals surface area contributed by atoms with Crippen LogP contribution in [0.2, 0.25) is 0 Å². The number of hydrogen-bond acceptors (Lipinski definition) is 4. The van der Waals surface area contributed by atoms with Crippen molar-refractivity contribution in [3.8, 4) is 0 Å². The second-order valence-corrected chi connectivity index (χ2v) is 6.16. The predicted molar refractivity (Wildman–Crippen MR) is 80.6 cm³/mol. The summed E-state index contributed by atoms with van der Waals surface area (Å²) in [7, 11) is 0. The minimum Gasteiger partial charge on any atom is -0.465 e. The number of likely N-dealkylation sites (tertiary alicyclic amines) is 1. The maximum Gasteiger partial charge on any atom is 0.409 e. The quantitative estimate of drug-likeness (QED) is 0.790. The summed E-state index contributed by atoms with van der Waals surface area (Å²) in [6, 6.07) is 9.02. The molecule has 7 nitrogen and oxygen atoms in total. The van der Waals surface area contributed by atoms with Crippen molar-refractivity contribution < 1.29 is 24.5 Å². The first-order valence-electron chi connectivity index (χ1n) is 7.70. The summed E-state index contributed by atoms with van der Waals surface area (Å²) in [6.45, 7) is 0.130. The molecule has 1 saturated heterocycles. The Hall–Kier alpha value is -2.28. The van der Waals surface area contributed by atoms with Gasteiger partial charge < -0.3 is 20.3 Å². The number of carbonyl (C=O) groups is 2. The third-order valence-corrected chi connectivity index (χ3v) is 4.70. The van der Waals surface area contributed by atoms with E-state index in [9.17, 15) is 19.8 Å². The Morgan fingerprint density at radius 3 is 2.78 bits per heavy atom. The normalized spacial score (nSPS) is 29.2. The van der Waals surface area contributed by atoms with E-state index >= 15 is 0 Å². The summed E-state index contributed by atoms with van der Waals surface area (Å²) in [5, 5.41) is 22.4. The van der Waals surface area contributed by atoms with Gasteiger partial charge in [0.25, 0.3) is 0 Å². The summed E-state index contributed by atoms with van der Waals surface area (Å²) < 4.78 is 5.19. The Morgan fingerprint density at radius 1 is 1.35 bits per heavy atom. The topological polar surface area (TPSA) is 99.1 Å². The van der Waals surface area contributed by atoms with Crippen molar-refractivity contribution in [3.05, 3.63) is 35.9 Å². The Labute approximate surface area is 133 Å². The number of carboxylic acid groups (broad SMARTS) is 1. The smallest absolute Gasteiger partial charge is 0.409 e. The first-order valence-corrected chi connectivity index (χ1v) is 7.70. The molecular formula is C16H20N2O5. The highest BCUT2D eigenvalue weighted by atomic mass is 16.5. The zero-order chi connectivity index (χ0) is 16.4. The highest BCUT2D eigenvalue weighted by Crippen LogP contribution is 2.42. The minimum absolute atomic E-state index is 0.130. The average Bonchev–Trinajstić information content (AvgIpc) is 2.72. The van der Waals surface area contributed by atoms with Gasteiger partial charge in [0.15, 0.2) is 6.23 Å². The Bertz CT molecular complexity index is 593. The van der Waals surface area contributed by atoms with Crippen molar-refractivity contribution in [2.75, 3.05) is 0 Å². The van der Waals surface area contributed by atoms with Gasteiger partial charge in [-0.25, -0.2) is 9.59 Å². The zero-order valence-corrected chi connectivity index (χ0v) is 12.6. The Morgan fingerprint density at radius 2 is 2.09 bits per heavy atom. The van der Waals surface area contributed by atoms with Crippen LogP contribution in [0.5, 0.6) is 0 Å². The summed E-state index contributed by atoms with van der Waals surface area (Å²) in [6.07, 6.45) is -0.630. The molecule has 1 aliphatic heterocycles. The van der Waals surface area contributed by atoms with Crippen LogP contribution in [0.15, 0.2) is 30.3 Å². The number of hydrogen-bond donors (Lipinski definition) is 3. The second kappa shape index (κ2) is 6.08. The van der Waals surface area contributed by atoms with E-state index in [0.717, 1.165) is 16.9 Å². The monoisotopic (exact) mass is 320 g/mol. The zero-order valence-electron chi connectivity index (χ0n) is 12.6. The number of nitrogens with zero attached hydrogens (tertiary/aromatic N) is 1. The van der Waals surface area contributed by atoms with Crippen molar-refractivity contribution in [2.24, 2.45) is 0 Å². The van der Waals surface area contributed by atoms with Crippen LogP contribution in [0.1, 0.15) is 31.2 Å². The van der Waals surface area contributed by atoms with Gasteiger partial charge in [-0.15, -0.1) is 0 Å². The molecule has 0 spiro atoms. The lowest BCUT2D eigenvalue weighted by molar-refractivity contribution is -0.0132. The molecule has 1 heterocycles. The number of ether oxygens (including phenoxy) is 1. The van der Waals surface area contributed by atoms with Crippen LogP contribution in [0.4, 0.5) is 9.59 Å². The molecule has 23 heavy (non-hydrogen) atoms. The summed E-state index contributed by atoms with van der Waals surface area (Å²) in [5.41, 5.74) is -0.0875. The highest BCUT2D eigenvalue weighted by Gasteiger charge is 2.56. The Balaban J connectivity index is 1.64. The molecule has 124 valence electrons. The number of aliphatic hydroxyl groups is 1. The molecular weight excluding hydrogens is 300 g/mol. The maximum atomic E-state index is 12.1. The van der Waals surface area contributed by atoms with E-state index in [1.165, 1.54) is 0 Å². The summed E-state index contributed by atoms with van der Waals surface area (Å²) in [5.74, 6) is 0. The number of rotatable bonds is 3. The van der Waals surface area contributed by atoms with Crippen LogP contribution < -0.4 is 5.32 Å². The van der Waals surface area contributed by atoms with Crippen molar-refractivity contribution in [1.29, 1.82) is 0 Å². The Kier molecular flexibility index (Phi) is 4.12. The van der Waals surface area contributed by atoms with Crippen LogP contribution in [0, 0.1) is 0 Å². The molecule has 0 radical (unpaired) electrons. The molecule has 3 unspecified atom stereocenters. The van der Waals surface area contributed by atoms with Crippen LogP contribution in [-0.4, -0.2) is 45.1 Å². The molecule has 2 aliphatic rings. The number of alkyl carbamates (subject to hydrolysis) is 1. The fraction of sp³-hybridized carbons (Fsp3) is 0.500. The van der Waals surface area contributed by atoms with Gasteiger partial charge >= 0.3 is 12.2 Å². The minimum atomic E-state index is -1.24. The van der Waals surface area contributed by atoms with E-state index < -0.39 is 24.0 Å². The van der Waals surface area contributed by atoms with Gasteiger partial charge in [0.2, 0.25) is 0 Å². The maximum absolute atomic E-state index is 12.1. The van der Waals surface area contributed by atoms with Crippen LogP contribution in [-0.2, 0) is 11.3 Å². The van der Waals surface area contributed by atoms with E-state index in [1.54, 1.807) is 0 Å². The van der Waals surface area contributed by atoms with Gasteiger partial charge in [-0.3, -0.25) is 4.90 Å². The third kappa shape index (κ3) is 2.96. The van der Waals surface area contributed by atoms with E-state index in [-0.39, 0.29) is 12.6 Å². The summed E-state index contributed by atoms with van der Waals surface area (Å²) >= 11 is 0. The molecule has 2 amide bonds. The molecule has 3 N–H and O–H groups in total. The number of benzene rings is 1. The fourth-order valence-electron chi connectivity index (χ4n) is 3.62. The molecule has 1 aromatic carbocycles. The van der Waals surface area contributed by atoms with Crippen LogP contribution in [0.25, 0.3) is 0 Å². The first-order chi connectivity index (χ1) is 11.0. The lowest BCUT2D eigenvalue weighted by Crippen LogP contribution is -2.57. The number of aliphatic hydroxyl groups excluding tert-OH is 1. The van der Waals surface area contributed by atoms with Gasteiger partial charge in [-0.05, 0) is 31.2 Å². The molecule has 1 aliphatic carbocycles. The SMILES string of the molecule is O=C(NC12CCCC(C1)N(C(=O)O)C2O)OCc1ccccc1. The van der Waals surface area contributed by atoms with Crippen molar-refractivity contribution in [2.45, 2.75) is 50.1 Å². The van der Waals surface area contributed by atoms with E-state index in [4.69, 9.17) is 4.74 Å². The van der Waals surface area contributed by atoms with E-state index in [0.29, 0.717) is 19.3 Å². The molecule has 7 heteroatoms. The number of carbonyl (C=O) groups excluding carboxylic acids is 1. The molecule has 2 fully saturated rings. The van der Waals surface area contributed by atoms with Crippen molar-refractivity contribution in [1.82, 2.24) is 10.2 Å². The van der Waals surface area contributed by atoms with Gasteiger partial charge in [0.05, 0.1) is 5.54 Å². The largest absolute Gasteiger partial charge is 0.465 e. The average molecular weight is 320 g/mol. The lowest BCUT2D eigenvalue weighted by Gasteiger charge is -2.34.